The molecule has 1 aliphatic rings. The normalized spacial score (nSPS) is 16.4. The van der Waals surface area contributed by atoms with Crippen LogP contribution in [-0.4, -0.2) is 67.0 Å². The van der Waals surface area contributed by atoms with Crippen molar-refractivity contribution in [2.45, 2.75) is 25.8 Å². The highest BCUT2D eigenvalue weighted by molar-refractivity contribution is 5.80. The average molecular weight is 438 g/mol. The van der Waals surface area contributed by atoms with Gasteiger partial charge in [0.25, 0.3) is 0 Å². The third-order valence-corrected chi connectivity index (χ3v) is 5.56. The summed E-state index contributed by atoms with van der Waals surface area (Å²) in [5.41, 5.74) is 1.96. The number of aromatic nitrogens is 3. The van der Waals surface area contributed by atoms with Crippen LogP contribution in [0.4, 0.5) is 5.69 Å². The maximum Gasteiger partial charge on any atom is 0.191 e. The number of hydrogen-bond acceptors (Lipinski definition) is 6. The third-order valence-electron chi connectivity index (χ3n) is 5.56. The van der Waals surface area contributed by atoms with E-state index in [0.29, 0.717) is 12.6 Å². The molecule has 1 saturated heterocycles. The van der Waals surface area contributed by atoms with Gasteiger partial charge in [-0.2, -0.15) is 0 Å². The van der Waals surface area contributed by atoms with Gasteiger partial charge in [0, 0.05) is 68.7 Å². The molecule has 170 valence electrons. The molecule has 1 aromatic carbocycles. The largest absolute Gasteiger partial charge is 0.497 e. The number of fused-ring (bicyclic) bond motifs is 1. The first-order valence-electron chi connectivity index (χ1n) is 11.0. The minimum atomic E-state index is 0.305. The Balaban J connectivity index is 1.37. The lowest BCUT2D eigenvalue weighted by Gasteiger charge is -2.21. The zero-order valence-corrected chi connectivity index (χ0v) is 18.9. The lowest BCUT2D eigenvalue weighted by atomic mass is 10.2. The molecule has 0 spiro atoms. The van der Waals surface area contributed by atoms with Gasteiger partial charge in [-0.05, 0) is 25.5 Å². The van der Waals surface area contributed by atoms with E-state index in [1.165, 1.54) is 0 Å². The molecule has 32 heavy (non-hydrogen) atoms. The van der Waals surface area contributed by atoms with Gasteiger partial charge in [-0.25, -0.2) is 0 Å². The number of ether oxygens (including phenoxy) is 2. The Kier molecular flexibility index (Phi) is 6.94. The number of aliphatic imine (C=N–C) groups is 1. The van der Waals surface area contributed by atoms with E-state index in [4.69, 9.17) is 14.5 Å². The predicted molar refractivity (Wildman–Crippen MR) is 126 cm³/mol. The predicted octanol–water partition coefficient (Wildman–Crippen LogP) is 2.12. The third kappa shape index (κ3) is 5.04. The highest BCUT2D eigenvalue weighted by Crippen LogP contribution is 2.30. The van der Waals surface area contributed by atoms with Crippen LogP contribution < -0.4 is 25.0 Å². The van der Waals surface area contributed by atoms with E-state index < -0.39 is 0 Å². The zero-order valence-electron chi connectivity index (χ0n) is 18.9. The van der Waals surface area contributed by atoms with Gasteiger partial charge in [-0.3, -0.25) is 9.39 Å². The van der Waals surface area contributed by atoms with Crippen LogP contribution in [0.5, 0.6) is 11.5 Å². The van der Waals surface area contributed by atoms with Gasteiger partial charge < -0.3 is 25.0 Å². The molecule has 9 nitrogen and oxygen atoms in total. The molecule has 0 bridgehead atoms. The number of nitrogens with zero attached hydrogens (tertiary/aromatic N) is 5. The molecule has 4 rings (SSSR count). The molecular weight excluding hydrogens is 406 g/mol. The number of pyridine rings is 1. The minimum Gasteiger partial charge on any atom is -0.497 e. The monoisotopic (exact) mass is 437 g/mol. The van der Waals surface area contributed by atoms with E-state index >= 15 is 0 Å². The van der Waals surface area contributed by atoms with Gasteiger partial charge in [-0.15, -0.1) is 10.2 Å². The Bertz CT molecular complexity index is 1040. The highest BCUT2D eigenvalue weighted by Gasteiger charge is 2.24. The molecule has 0 amide bonds. The Morgan fingerprint density at radius 2 is 1.97 bits per heavy atom. The smallest absolute Gasteiger partial charge is 0.191 e. The van der Waals surface area contributed by atoms with Crippen LogP contribution in [0.15, 0.2) is 47.6 Å². The molecule has 1 atom stereocenters. The summed E-state index contributed by atoms with van der Waals surface area (Å²) in [6.07, 6.45) is 3.74. The first kappa shape index (κ1) is 21.7. The van der Waals surface area contributed by atoms with Crippen LogP contribution in [0.3, 0.4) is 0 Å². The fourth-order valence-electron chi connectivity index (χ4n) is 3.93. The van der Waals surface area contributed by atoms with Gasteiger partial charge in [-0.1, -0.05) is 6.07 Å². The Morgan fingerprint density at radius 1 is 1.16 bits per heavy atom. The van der Waals surface area contributed by atoms with Gasteiger partial charge in [0.05, 0.1) is 14.2 Å². The van der Waals surface area contributed by atoms with Gasteiger partial charge in [0.1, 0.15) is 17.3 Å². The number of rotatable bonds is 8. The minimum absolute atomic E-state index is 0.305. The lowest BCUT2D eigenvalue weighted by Crippen LogP contribution is -2.44. The van der Waals surface area contributed by atoms with Crippen molar-refractivity contribution in [3.63, 3.8) is 0 Å². The molecule has 0 aliphatic carbocycles. The second-order valence-electron chi connectivity index (χ2n) is 7.70. The SMILES string of the molecule is CCNC(=NCCc1nnc2ccccn12)NC1CCN(c2cc(OC)cc(OC)c2)C1. The van der Waals surface area contributed by atoms with Crippen molar-refractivity contribution >= 4 is 17.3 Å². The van der Waals surface area contributed by atoms with E-state index in [1.54, 1.807) is 14.2 Å². The lowest BCUT2D eigenvalue weighted by molar-refractivity contribution is 0.394. The van der Waals surface area contributed by atoms with Crippen LogP contribution in [0.25, 0.3) is 5.65 Å². The molecule has 3 aromatic rings. The fraction of sp³-hybridized carbons (Fsp3) is 0.435. The van der Waals surface area contributed by atoms with Crippen molar-refractivity contribution < 1.29 is 9.47 Å². The molecule has 0 saturated carbocycles. The molecule has 1 fully saturated rings. The first-order chi connectivity index (χ1) is 15.7. The summed E-state index contributed by atoms with van der Waals surface area (Å²) in [5.74, 6) is 3.34. The van der Waals surface area contributed by atoms with Crippen LogP contribution >= 0.6 is 0 Å². The first-order valence-corrected chi connectivity index (χ1v) is 11.0. The Hall–Kier alpha value is -3.49. The molecule has 3 heterocycles. The molecule has 0 radical (unpaired) electrons. The molecule has 1 unspecified atom stereocenters. The average Bonchev–Trinajstić information content (AvgIpc) is 3.46. The standard InChI is InChI=1S/C23H31N7O2/c1-4-24-23(25-10-8-22-28-27-21-7-5-6-11-30(21)22)26-17-9-12-29(16-17)18-13-19(31-2)15-20(14-18)32-3/h5-7,11,13-15,17H,4,8-10,12,16H2,1-3H3,(H2,24,25,26). The number of anilines is 1. The summed E-state index contributed by atoms with van der Waals surface area (Å²) in [5, 5.41) is 15.4. The summed E-state index contributed by atoms with van der Waals surface area (Å²) < 4.78 is 12.8. The quantitative estimate of drug-likeness (QED) is 0.412. The van der Waals surface area contributed by atoms with E-state index in [9.17, 15) is 0 Å². The second kappa shape index (κ2) is 10.2. The molecule has 2 aromatic heterocycles. The van der Waals surface area contributed by atoms with Crippen molar-refractivity contribution in [1.29, 1.82) is 0 Å². The maximum atomic E-state index is 5.42. The molecule has 9 heteroatoms. The van der Waals surface area contributed by atoms with E-state index in [0.717, 1.165) is 67.1 Å². The molecule has 1 aliphatic heterocycles. The van der Waals surface area contributed by atoms with Crippen molar-refractivity contribution in [2.24, 2.45) is 4.99 Å². The van der Waals surface area contributed by atoms with Gasteiger partial charge in [0.2, 0.25) is 0 Å². The zero-order chi connectivity index (χ0) is 22.3. The molecular formula is C23H31N7O2. The fourth-order valence-corrected chi connectivity index (χ4v) is 3.93. The van der Waals surface area contributed by atoms with Crippen LogP contribution in [0.2, 0.25) is 0 Å². The summed E-state index contributed by atoms with van der Waals surface area (Å²) in [4.78, 5) is 7.11. The molecule has 2 N–H and O–H groups in total. The Labute approximate surface area is 188 Å². The summed E-state index contributed by atoms with van der Waals surface area (Å²) in [6, 6.07) is 12.2. The van der Waals surface area contributed by atoms with Gasteiger partial charge >= 0.3 is 0 Å². The van der Waals surface area contributed by atoms with Crippen molar-refractivity contribution in [2.75, 3.05) is 45.3 Å². The summed E-state index contributed by atoms with van der Waals surface area (Å²) in [7, 11) is 3.35. The summed E-state index contributed by atoms with van der Waals surface area (Å²) >= 11 is 0. The van der Waals surface area contributed by atoms with Crippen LogP contribution in [0, 0.1) is 0 Å². The number of guanidine groups is 1. The maximum absolute atomic E-state index is 5.42. The number of benzene rings is 1. The van der Waals surface area contributed by atoms with E-state index in [2.05, 4.69) is 32.7 Å². The van der Waals surface area contributed by atoms with Crippen molar-refractivity contribution in [3.05, 3.63) is 48.4 Å². The second-order valence-corrected chi connectivity index (χ2v) is 7.70. The number of hydrogen-bond donors (Lipinski definition) is 2. The van der Waals surface area contributed by atoms with Crippen molar-refractivity contribution in [3.8, 4) is 11.5 Å². The summed E-state index contributed by atoms with van der Waals surface area (Å²) in [6.45, 7) is 5.36. The van der Waals surface area contributed by atoms with E-state index in [1.807, 2.05) is 47.0 Å². The van der Waals surface area contributed by atoms with Crippen LogP contribution in [0.1, 0.15) is 19.2 Å². The number of nitrogens with one attached hydrogen (secondary N) is 2. The topological polar surface area (TPSA) is 88.3 Å². The number of methoxy groups -OCH3 is 2. The van der Waals surface area contributed by atoms with E-state index in [-0.39, 0.29) is 0 Å². The van der Waals surface area contributed by atoms with Gasteiger partial charge in [0.15, 0.2) is 11.6 Å². The Morgan fingerprint density at radius 3 is 2.72 bits per heavy atom. The van der Waals surface area contributed by atoms with Crippen LogP contribution in [-0.2, 0) is 6.42 Å². The van der Waals surface area contributed by atoms with Crippen molar-refractivity contribution in [1.82, 2.24) is 25.2 Å². The highest BCUT2D eigenvalue weighted by atomic mass is 16.5.